The molecule has 0 radical (unpaired) electrons. The van der Waals surface area contributed by atoms with E-state index in [0.717, 1.165) is 16.7 Å². The highest BCUT2D eigenvalue weighted by Crippen LogP contribution is 2.32. The predicted molar refractivity (Wildman–Crippen MR) is 156 cm³/mol. The number of benzene rings is 4. The van der Waals surface area contributed by atoms with Crippen LogP contribution in [0.4, 0.5) is 11.4 Å². The summed E-state index contributed by atoms with van der Waals surface area (Å²) in [4.78, 5) is 28.3. The van der Waals surface area contributed by atoms with Gasteiger partial charge in [0.1, 0.15) is 11.5 Å². The number of ether oxygens (including phenoxy) is 2. The van der Waals surface area contributed by atoms with Gasteiger partial charge in [0.05, 0.1) is 25.0 Å². The van der Waals surface area contributed by atoms with Crippen molar-refractivity contribution in [2.24, 2.45) is 5.73 Å². The highest BCUT2D eigenvalue weighted by atomic mass is 16.5. The van der Waals surface area contributed by atoms with E-state index in [1.54, 1.807) is 31.3 Å². The van der Waals surface area contributed by atoms with Crippen LogP contribution >= 0.6 is 0 Å². The van der Waals surface area contributed by atoms with Crippen molar-refractivity contribution in [3.63, 3.8) is 0 Å². The molecule has 0 fully saturated rings. The van der Waals surface area contributed by atoms with Gasteiger partial charge in [-0.3, -0.25) is 9.59 Å². The SMILES string of the molecule is COc1cc(NC(=O)c2ccccc2-c2ccc(C)cc2)ccc1C(=O)N(C)c1ccccc1OCCCN. The van der Waals surface area contributed by atoms with E-state index in [1.807, 2.05) is 73.7 Å². The molecule has 0 spiro atoms. The van der Waals surface area contributed by atoms with Crippen molar-refractivity contribution in [3.05, 3.63) is 108 Å². The molecular formula is C32H33N3O4. The number of methoxy groups -OCH3 is 1. The van der Waals surface area contributed by atoms with Crippen molar-refractivity contribution < 1.29 is 19.1 Å². The molecule has 0 unspecified atom stereocenters. The molecule has 7 heteroatoms. The maximum atomic E-state index is 13.5. The van der Waals surface area contributed by atoms with Crippen LogP contribution in [-0.2, 0) is 0 Å². The van der Waals surface area contributed by atoms with Crippen LogP contribution in [0.3, 0.4) is 0 Å². The Morgan fingerprint density at radius 1 is 0.872 bits per heavy atom. The van der Waals surface area contributed by atoms with Crippen molar-refractivity contribution in [3.8, 4) is 22.6 Å². The van der Waals surface area contributed by atoms with Gasteiger partial charge < -0.3 is 25.4 Å². The molecule has 3 N–H and O–H groups in total. The molecule has 0 aliphatic heterocycles. The first-order valence-electron chi connectivity index (χ1n) is 12.8. The monoisotopic (exact) mass is 523 g/mol. The quantitative estimate of drug-likeness (QED) is 0.251. The summed E-state index contributed by atoms with van der Waals surface area (Å²) in [7, 11) is 3.18. The minimum absolute atomic E-state index is 0.257. The van der Waals surface area contributed by atoms with Crippen LogP contribution in [0.25, 0.3) is 11.1 Å². The third kappa shape index (κ3) is 6.45. The van der Waals surface area contributed by atoms with Gasteiger partial charge in [-0.1, -0.05) is 60.2 Å². The van der Waals surface area contributed by atoms with Gasteiger partial charge in [0.15, 0.2) is 0 Å². The number of rotatable bonds is 10. The fraction of sp³-hybridized carbons (Fsp3) is 0.188. The molecule has 0 atom stereocenters. The Hall–Kier alpha value is -4.62. The number of amides is 2. The average molecular weight is 524 g/mol. The Morgan fingerprint density at radius 2 is 1.59 bits per heavy atom. The molecule has 4 aromatic carbocycles. The average Bonchev–Trinajstić information content (AvgIpc) is 2.97. The van der Waals surface area contributed by atoms with E-state index in [0.29, 0.717) is 53.6 Å². The highest BCUT2D eigenvalue weighted by Gasteiger charge is 2.21. The third-order valence-corrected chi connectivity index (χ3v) is 6.36. The first-order valence-corrected chi connectivity index (χ1v) is 12.8. The van der Waals surface area contributed by atoms with Crippen molar-refractivity contribution in [1.82, 2.24) is 0 Å². The molecule has 4 rings (SSSR count). The number of hydrogen-bond acceptors (Lipinski definition) is 5. The number of carbonyl (C=O) groups is 2. The van der Waals surface area contributed by atoms with Crippen LogP contribution in [0, 0.1) is 6.92 Å². The molecule has 200 valence electrons. The van der Waals surface area contributed by atoms with E-state index < -0.39 is 0 Å². The summed E-state index contributed by atoms with van der Waals surface area (Å²) in [5.74, 6) is 0.409. The fourth-order valence-corrected chi connectivity index (χ4v) is 4.22. The Kier molecular flexibility index (Phi) is 8.97. The van der Waals surface area contributed by atoms with Crippen LogP contribution in [0.2, 0.25) is 0 Å². The Labute approximate surface area is 229 Å². The second-order valence-electron chi connectivity index (χ2n) is 9.10. The molecule has 0 saturated heterocycles. The van der Waals surface area contributed by atoms with E-state index >= 15 is 0 Å². The van der Waals surface area contributed by atoms with Gasteiger partial charge in [0.25, 0.3) is 11.8 Å². The topological polar surface area (TPSA) is 93.9 Å². The van der Waals surface area contributed by atoms with E-state index in [-0.39, 0.29) is 11.8 Å². The number of carbonyl (C=O) groups excluding carboxylic acids is 2. The van der Waals surface area contributed by atoms with E-state index in [2.05, 4.69) is 5.32 Å². The van der Waals surface area contributed by atoms with Gasteiger partial charge in [0.2, 0.25) is 0 Å². The second-order valence-corrected chi connectivity index (χ2v) is 9.10. The summed E-state index contributed by atoms with van der Waals surface area (Å²) in [5, 5.41) is 2.95. The van der Waals surface area contributed by atoms with Gasteiger partial charge >= 0.3 is 0 Å². The number of aryl methyl sites for hydroxylation is 1. The lowest BCUT2D eigenvalue weighted by atomic mass is 9.98. The number of hydrogen-bond donors (Lipinski definition) is 2. The molecule has 0 aromatic heterocycles. The van der Waals surface area contributed by atoms with Crippen LogP contribution < -0.4 is 25.4 Å². The molecule has 0 heterocycles. The zero-order valence-electron chi connectivity index (χ0n) is 22.4. The van der Waals surface area contributed by atoms with Gasteiger partial charge in [0, 0.05) is 24.4 Å². The number of nitrogens with one attached hydrogen (secondary N) is 1. The summed E-state index contributed by atoms with van der Waals surface area (Å²) in [5.41, 5.74) is 10.6. The smallest absolute Gasteiger partial charge is 0.261 e. The predicted octanol–water partition coefficient (Wildman–Crippen LogP) is 5.93. The summed E-state index contributed by atoms with van der Waals surface area (Å²) in [6.07, 6.45) is 0.711. The molecule has 2 amide bonds. The molecule has 0 aliphatic rings. The third-order valence-electron chi connectivity index (χ3n) is 6.36. The first kappa shape index (κ1) is 27.4. The number of nitrogens with zero attached hydrogens (tertiary/aromatic N) is 1. The lowest BCUT2D eigenvalue weighted by molar-refractivity contribution is 0.0988. The normalized spacial score (nSPS) is 10.6. The zero-order valence-corrected chi connectivity index (χ0v) is 22.4. The molecule has 0 aliphatic carbocycles. The Bertz CT molecular complexity index is 1450. The maximum absolute atomic E-state index is 13.5. The number of nitrogens with two attached hydrogens (primary N) is 1. The number of para-hydroxylation sites is 2. The molecule has 4 aromatic rings. The highest BCUT2D eigenvalue weighted by molar-refractivity contribution is 6.10. The summed E-state index contributed by atoms with van der Waals surface area (Å²) in [6, 6.07) is 27.8. The van der Waals surface area contributed by atoms with Crippen molar-refractivity contribution in [2.75, 3.05) is 37.5 Å². The maximum Gasteiger partial charge on any atom is 0.261 e. The van der Waals surface area contributed by atoms with Crippen LogP contribution in [0.15, 0.2) is 91.0 Å². The fourth-order valence-electron chi connectivity index (χ4n) is 4.22. The minimum Gasteiger partial charge on any atom is -0.496 e. The number of anilines is 2. The van der Waals surface area contributed by atoms with E-state index in [1.165, 1.54) is 12.0 Å². The zero-order chi connectivity index (χ0) is 27.8. The molecule has 0 saturated carbocycles. The second kappa shape index (κ2) is 12.8. The van der Waals surface area contributed by atoms with Crippen LogP contribution in [-0.4, -0.2) is 39.1 Å². The van der Waals surface area contributed by atoms with Crippen molar-refractivity contribution >= 4 is 23.2 Å². The van der Waals surface area contributed by atoms with Crippen LogP contribution in [0.1, 0.15) is 32.7 Å². The van der Waals surface area contributed by atoms with Gasteiger partial charge in [-0.15, -0.1) is 0 Å². The lowest BCUT2D eigenvalue weighted by Crippen LogP contribution is -2.27. The summed E-state index contributed by atoms with van der Waals surface area (Å²) >= 11 is 0. The molecule has 0 bridgehead atoms. The van der Waals surface area contributed by atoms with Crippen LogP contribution in [0.5, 0.6) is 11.5 Å². The first-order chi connectivity index (χ1) is 18.9. The van der Waals surface area contributed by atoms with Gasteiger partial charge in [-0.25, -0.2) is 0 Å². The molecule has 7 nitrogen and oxygen atoms in total. The molecular weight excluding hydrogens is 490 g/mol. The summed E-state index contributed by atoms with van der Waals surface area (Å²) < 4.78 is 11.4. The molecule has 39 heavy (non-hydrogen) atoms. The van der Waals surface area contributed by atoms with Crippen molar-refractivity contribution in [1.29, 1.82) is 0 Å². The van der Waals surface area contributed by atoms with Crippen molar-refractivity contribution in [2.45, 2.75) is 13.3 Å². The largest absolute Gasteiger partial charge is 0.496 e. The van der Waals surface area contributed by atoms with Gasteiger partial charge in [-0.05, 0) is 61.3 Å². The summed E-state index contributed by atoms with van der Waals surface area (Å²) in [6.45, 7) is 3.01. The van der Waals surface area contributed by atoms with E-state index in [4.69, 9.17) is 15.2 Å². The Balaban J connectivity index is 1.55. The van der Waals surface area contributed by atoms with Gasteiger partial charge in [-0.2, -0.15) is 0 Å². The lowest BCUT2D eigenvalue weighted by Gasteiger charge is -2.22. The minimum atomic E-state index is -0.274. The standard InChI is InChI=1S/C32H33N3O4/c1-22-13-15-23(16-14-22)25-9-4-5-10-26(25)31(36)34-24-17-18-27(30(21-24)38-3)32(37)35(2)28-11-6-7-12-29(28)39-20-8-19-33/h4-7,9-18,21H,8,19-20,33H2,1-3H3,(H,34,36). The Morgan fingerprint density at radius 3 is 2.33 bits per heavy atom. The van der Waals surface area contributed by atoms with E-state index in [9.17, 15) is 9.59 Å².